The molecule has 1 unspecified atom stereocenters. The first-order valence-electron chi connectivity index (χ1n) is 10.9. The third-order valence-corrected chi connectivity index (χ3v) is 6.55. The van der Waals surface area contributed by atoms with Crippen molar-refractivity contribution in [2.75, 3.05) is 41.7 Å². The molecule has 3 N–H and O–H groups in total. The molecule has 2 aliphatic heterocycles. The van der Waals surface area contributed by atoms with Gasteiger partial charge in [0.15, 0.2) is 0 Å². The summed E-state index contributed by atoms with van der Waals surface area (Å²) in [6.45, 7) is 5.23. The molecular formula is C23H24ClF2N7. The van der Waals surface area contributed by atoms with Gasteiger partial charge in [0, 0.05) is 55.6 Å². The van der Waals surface area contributed by atoms with Crippen molar-refractivity contribution < 1.29 is 8.78 Å². The van der Waals surface area contributed by atoms with Crippen molar-refractivity contribution >= 4 is 28.9 Å². The Morgan fingerprint density at radius 2 is 2.03 bits per heavy atom. The van der Waals surface area contributed by atoms with Crippen LogP contribution >= 0.6 is 11.6 Å². The van der Waals surface area contributed by atoms with E-state index >= 15 is 0 Å². The smallest absolute Gasteiger partial charge is 0.149 e. The van der Waals surface area contributed by atoms with Crippen molar-refractivity contribution in [1.29, 1.82) is 0 Å². The fraction of sp³-hybridized carbons (Fsp3) is 0.348. The number of benzene rings is 1. The van der Waals surface area contributed by atoms with Crippen molar-refractivity contribution in [3.8, 4) is 11.3 Å². The van der Waals surface area contributed by atoms with Gasteiger partial charge in [-0.25, -0.2) is 23.7 Å². The molecule has 4 heterocycles. The average molecular weight is 472 g/mol. The van der Waals surface area contributed by atoms with Gasteiger partial charge in [0.25, 0.3) is 0 Å². The highest BCUT2D eigenvalue weighted by molar-refractivity contribution is 6.31. The highest BCUT2D eigenvalue weighted by Crippen LogP contribution is 2.38. The van der Waals surface area contributed by atoms with E-state index in [1.165, 1.54) is 6.33 Å². The van der Waals surface area contributed by atoms with E-state index < -0.39 is 11.6 Å². The van der Waals surface area contributed by atoms with Gasteiger partial charge in [-0.2, -0.15) is 0 Å². The Bertz CT molecular complexity index is 1180. The van der Waals surface area contributed by atoms with Gasteiger partial charge in [0.05, 0.1) is 16.4 Å². The summed E-state index contributed by atoms with van der Waals surface area (Å²) >= 11 is 6.10. The average Bonchev–Trinajstić information content (AvgIpc) is 3.33. The summed E-state index contributed by atoms with van der Waals surface area (Å²) < 4.78 is 28.5. The molecule has 2 aromatic heterocycles. The van der Waals surface area contributed by atoms with E-state index in [1.54, 1.807) is 6.20 Å². The lowest BCUT2D eigenvalue weighted by Crippen LogP contribution is -2.35. The molecule has 7 nitrogen and oxygen atoms in total. The van der Waals surface area contributed by atoms with Crippen LogP contribution in [0.5, 0.6) is 0 Å². The topological polar surface area (TPSA) is 78.0 Å². The predicted molar refractivity (Wildman–Crippen MR) is 126 cm³/mol. The van der Waals surface area contributed by atoms with Crippen LogP contribution in [-0.4, -0.2) is 47.2 Å². The maximum Gasteiger partial charge on any atom is 0.149 e. The summed E-state index contributed by atoms with van der Waals surface area (Å²) in [5.74, 6) is 0.288. The molecule has 0 bridgehead atoms. The summed E-state index contributed by atoms with van der Waals surface area (Å²) in [5.41, 5.74) is 3.49. The number of aromatic nitrogens is 3. The number of hydrogen-bond acceptors (Lipinski definition) is 7. The summed E-state index contributed by atoms with van der Waals surface area (Å²) in [7, 11) is 0. The number of hydrogen-bond donors (Lipinski definition) is 3. The first kappa shape index (κ1) is 21.8. The van der Waals surface area contributed by atoms with Crippen LogP contribution < -0.4 is 20.9 Å². The Morgan fingerprint density at radius 3 is 2.85 bits per heavy atom. The molecular weight excluding hydrogens is 448 g/mol. The van der Waals surface area contributed by atoms with Crippen molar-refractivity contribution in [2.24, 2.45) is 0 Å². The number of nitrogens with one attached hydrogen (secondary N) is 3. The Morgan fingerprint density at radius 1 is 1.18 bits per heavy atom. The number of nitrogens with zero attached hydrogens (tertiary/aromatic N) is 4. The van der Waals surface area contributed by atoms with Crippen LogP contribution in [0.1, 0.15) is 17.5 Å². The van der Waals surface area contributed by atoms with Crippen molar-refractivity contribution in [2.45, 2.75) is 25.9 Å². The summed E-state index contributed by atoms with van der Waals surface area (Å²) in [6.07, 6.45) is 4.36. The first-order chi connectivity index (χ1) is 16.0. The second-order valence-electron chi connectivity index (χ2n) is 8.29. The van der Waals surface area contributed by atoms with Crippen LogP contribution in [-0.2, 0) is 6.54 Å². The van der Waals surface area contributed by atoms with E-state index in [9.17, 15) is 8.78 Å². The molecule has 172 valence electrons. The summed E-state index contributed by atoms with van der Waals surface area (Å²) in [6, 6.07) is 4.40. The minimum Gasteiger partial charge on any atom is -0.367 e. The maximum absolute atomic E-state index is 14.5. The van der Waals surface area contributed by atoms with Crippen LogP contribution in [0.3, 0.4) is 0 Å². The van der Waals surface area contributed by atoms with Crippen molar-refractivity contribution in [3.05, 3.63) is 58.5 Å². The van der Waals surface area contributed by atoms with Crippen LogP contribution in [0.15, 0.2) is 30.7 Å². The highest BCUT2D eigenvalue weighted by Gasteiger charge is 2.25. The summed E-state index contributed by atoms with van der Waals surface area (Å²) in [4.78, 5) is 15.4. The minimum absolute atomic E-state index is 0.132. The van der Waals surface area contributed by atoms with Gasteiger partial charge in [0.2, 0.25) is 0 Å². The Kier molecular flexibility index (Phi) is 5.99. The van der Waals surface area contributed by atoms with Crippen molar-refractivity contribution in [1.82, 2.24) is 20.3 Å². The third kappa shape index (κ3) is 4.30. The Balaban J connectivity index is 1.49. The van der Waals surface area contributed by atoms with Crippen LogP contribution in [0.2, 0.25) is 5.02 Å². The number of rotatable bonds is 5. The quantitative estimate of drug-likeness (QED) is 0.486. The van der Waals surface area contributed by atoms with E-state index in [0.29, 0.717) is 24.9 Å². The standard InChI is InChI=1S/C23H24ClF2N7/c1-13-15(19-8-20(31-12-30-19)32-14-4-5-27-9-14)10-29-23-22(13)33(7-6-28-23)11-16-17(25)2-3-18(26)21(16)24/h2-3,8,10,12,14,27H,4-7,9,11H2,1H3,(H,28,29)(H,30,31,32). The van der Waals surface area contributed by atoms with Gasteiger partial charge in [-0.15, -0.1) is 0 Å². The molecule has 1 aromatic carbocycles. The maximum atomic E-state index is 14.5. The molecule has 1 atom stereocenters. The molecule has 5 rings (SSSR count). The molecule has 10 heteroatoms. The van der Waals surface area contributed by atoms with Crippen LogP contribution in [0.4, 0.5) is 26.1 Å². The number of anilines is 3. The van der Waals surface area contributed by atoms with E-state index in [1.807, 2.05) is 17.9 Å². The van der Waals surface area contributed by atoms with Gasteiger partial charge in [-0.05, 0) is 37.6 Å². The molecule has 0 radical (unpaired) electrons. The predicted octanol–water partition coefficient (Wildman–Crippen LogP) is 3.98. The van der Waals surface area contributed by atoms with Gasteiger partial charge in [-0.1, -0.05) is 11.6 Å². The molecule has 0 spiro atoms. The zero-order chi connectivity index (χ0) is 22.9. The van der Waals surface area contributed by atoms with Gasteiger partial charge in [-0.3, -0.25) is 0 Å². The van der Waals surface area contributed by atoms with E-state index in [0.717, 1.165) is 60.0 Å². The van der Waals surface area contributed by atoms with E-state index in [4.69, 9.17) is 11.6 Å². The molecule has 33 heavy (non-hydrogen) atoms. The monoisotopic (exact) mass is 471 g/mol. The minimum atomic E-state index is -0.634. The number of pyridine rings is 1. The molecule has 0 saturated carbocycles. The molecule has 3 aromatic rings. The van der Waals surface area contributed by atoms with E-state index in [-0.39, 0.29) is 17.1 Å². The Hall–Kier alpha value is -3.04. The Labute approximate surface area is 195 Å². The lowest BCUT2D eigenvalue weighted by molar-refractivity contribution is 0.581. The fourth-order valence-corrected chi connectivity index (χ4v) is 4.63. The first-order valence-corrected chi connectivity index (χ1v) is 11.3. The normalized spacial score (nSPS) is 17.6. The molecule has 1 fully saturated rings. The van der Waals surface area contributed by atoms with Gasteiger partial charge >= 0.3 is 0 Å². The SMILES string of the molecule is Cc1c(-c2cc(NC3CCNC3)ncn2)cnc2c1N(Cc1c(F)ccc(F)c1Cl)CCN2. The van der Waals surface area contributed by atoms with Crippen LogP contribution in [0, 0.1) is 18.6 Å². The third-order valence-electron chi connectivity index (χ3n) is 6.14. The molecule has 0 aliphatic carbocycles. The van der Waals surface area contributed by atoms with Gasteiger partial charge in [0.1, 0.15) is 29.6 Å². The van der Waals surface area contributed by atoms with Crippen molar-refractivity contribution in [3.63, 3.8) is 0 Å². The molecule has 2 aliphatic rings. The van der Waals surface area contributed by atoms with Gasteiger partial charge < -0.3 is 20.9 Å². The lowest BCUT2D eigenvalue weighted by Gasteiger charge is -2.33. The molecule has 1 saturated heterocycles. The number of fused-ring (bicyclic) bond motifs is 1. The molecule has 0 amide bonds. The zero-order valence-electron chi connectivity index (χ0n) is 18.1. The fourth-order valence-electron chi connectivity index (χ4n) is 4.42. The van der Waals surface area contributed by atoms with Crippen LogP contribution in [0.25, 0.3) is 11.3 Å². The number of halogens is 3. The van der Waals surface area contributed by atoms with E-state index in [2.05, 4.69) is 30.9 Å². The highest BCUT2D eigenvalue weighted by atomic mass is 35.5. The summed E-state index contributed by atoms with van der Waals surface area (Å²) in [5, 5.41) is 9.88. The lowest BCUT2D eigenvalue weighted by atomic mass is 10.0. The second kappa shape index (κ2) is 9.07. The second-order valence-corrected chi connectivity index (χ2v) is 8.66. The largest absolute Gasteiger partial charge is 0.367 e. The zero-order valence-corrected chi connectivity index (χ0v) is 18.9.